The molecule has 0 saturated carbocycles. The zero-order valence-electron chi connectivity index (χ0n) is 16.2. The van der Waals surface area contributed by atoms with Crippen LogP contribution in [0.4, 0.5) is 10.8 Å². The van der Waals surface area contributed by atoms with Gasteiger partial charge in [0.25, 0.3) is 5.69 Å². The van der Waals surface area contributed by atoms with Crippen LogP contribution in [0.25, 0.3) is 11.3 Å². The number of carbonyl (C=O) groups excluding carboxylic acids is 1. The summed E-state index contributed by atoms with van der Waals surface area (Å²) in [6, 6.07) is 25.6. The number of thiazole rings is 1. The largest absolute Gasteiger partial charge is 0.301 e. The lowest BCUT2D eigenvalue weighted by atomic mass is 10.1. The third-order valence-electron chi connectivity index (χ3n) is 4.42. The molecule has 4 rings (SSSR count). The summed E-state index contributed by atoms with van der Waals surface area (Å²) in [6.07, 6.45) is 0. The molecule has 0 radical (unpaired) electrons. The van der Waals surface area contributed by atoms with Gasteiger partial charge in [0.15, 0.2) is 5.13 Å². The molecule has 0 spiro atoms. The van der Waals surface area contributed by atoms with Gasteiger partial charge in [-0.25, -0.2) is 4.98 Å². The molecule has 1 amide bonds. The Morgan fingerprint density at radius 1 is 1.00 bits per heavy atom. The second kappa shape index (κ2) is 9.55. The topological polar surface area (TPSA) is 85.1 Å². The fraction of sp³-hybridized carbons (Fsp3) is 0.0435. The summed E-state index contributed by atoms with van der Waals surface area (Å²) in [5, 5.41) is 15.7. The molecule has 0 fully saturated rings. The molecule has 8 heteroatoms. The number of benzene rings is 3. The first-order chi connectivity index (χ1) is 15.1. The predicted molar refractivity (Wildman–Crippen MR) is 124 cm³/mol. The standard InChI is InChI=1S/C23H17N3O3S2/c27-22(21(16-8-3-1-4-9-16)31-19-12-5-2-6-13-19)25-23-24-20(15-30-23)17-10-7-11-18(14-17)26(28)29/h1-15,21H,(H,24,25,27)/t21-/m0/s1. The van der Waals surface area contributed by atoms with Crippen LogP contribution in [0, 0.1) is 10.1 Å². The molecule has 0 aliphatic rings. The van der Waals surface area contributed by atoms with Crippen molar-refractivity contribution in [1.29, 1.82) is 0 Å². The number of carbonyl (C=O) groups is 1. The third-order valence-corrected chi connectivity index (χ3v) is 6.45. The lowest BCUT2D eigenvalue weighted by Gasteiger charge is -2.16. The van der Waals surface area contributed by atoms with E-state index in [1.54, 1.807) is 17.5 Å². The van der Waals surface area contributed by atoms with Crippen molar-refractivity contribution in [3.8, 4) is 11.3 Å². The molecule has 1 N–H and O–H groups in total. The maximum absolute atomic E-state index is 13.2. The Labute approximate surface area is 187 Å². The van der Waals surface area contributed by atoms with Crippen LogP contribution < -0.4 is 5.32 Å². The van der Waals surface area contributed by atoms with E-state index in [9.17, 15) is 14.9 Å². The van der Waals surface area contributed by atoms with Crippen molar-refractivity contribution in [1.82, 2.24) is 4.98 Å². The highest BCUT2D eigenvalue weighted by Gasteiger charge is 2.23. The van der Waals surface area contributed by atoms with Crippen LogP contribution in [0.1, 0.15) is 10.8 Å². The second-order valence-corrected chi connectivity index (χ2v) is 8.59. The summed E-state index contributed by atoms with van der Waals surface area (Å²) in [4.78, 5) is 29.2. The van der Waals surface area contributed by atoms with Gasteiger partial charge in [-0.2, -0.15) is 0 Å². The molecule has 0 unspecified atom stereocenters. The molecule has 0 bridgehead atoms. The number of amides is 1. The summed E-state index contributed by atoms with van der Waals surface area (Å²) in [5.41, 5.74) is 2.10. The van der Waals surface area contributed by atoms with Gasteiger partial charge in [-0.15, -0.1) is 23.1 Å². The minimum atomic E-state index is -0.450. The van der Waals surface area contributed by atoms with Crippen molar-refractivity contribution in [2.75, 3.05) is 5.32 Å². The SMILES string of the molecule is O=C(Nc1nc(-c2cccc([N+](=O)[O-])c2)cs1)[C@@H](Sc1ccccc1)c1ccccc1. The van der Waals surface area contributed by atoms with E-state index in [0.29, 0.717) is 16.4 Å². The van der Waals surface area contributed by atoms with Gasteiger partial charge in [-0.3, -0.25) is 14.9 Å². The molecule has 31 heavy (non-hydrogen) atoms. The maximum Gasteiger partial charge on any atom is 0.270 e. The summed E-state index contributed by atoms with van der Waals surface area (Å²) in [6.45, 7) is 0. The van der Waals surface area contributed by atoms with E-state index in [1.165, 1.54) is 35.2 Å². The van der Waals surface area contributed by atoms with Gasteiger partial charge in [0.2, 0.25) is 5.91 Å². The van der Waals surface area contributed by atoms with Crippen molar-refractivity contribution in [2.45, 2.75) is 10.1 Å². The van der Waals surface area contributed by atoms with Crippen LogP contribution in [0.2, 0.25) is 0 Å². The lowest BCUT2D eigenvalue weighted by Crippen LogP contribution is -2.18. The number of non-ortho nitro benzene ring substituents is 1. The number of nitro benzene ring substituents is 1. The molecule has 154 valence electrons. The molecule has 1 aromatic heterocycles. The molecule has 0 aliphatic carbocycles. The van der Waals surface area contributed by atoms with E-state index >= 15 is 0 Å². The van der Waals surface area contributed by atoms with Gasteiger partial charge in [-0.1, -0.05) is 60.7 Å². The van der Waals surface area contributed by atoms with Gasteiger partial charge in [0.05, 0.1) is 10.6 Å². The van der Waals surface area contributed by atoms with Crippen LogP contribution in [0.5, 0.6) is 0 Å². The number of hydrogen-bond donors (Lipinski definition) is 1. The summed E-state index contributed by atoms with van der Waals surface area (Å²) < 4.78 is 0. The van der Waals surface area contributed by atoms with Crippen LogP contribution in [-0.4, -0.2) is 15.8 Å². The first-order valence-corrected chi connectivity index (χ1v) is 11.1. The number of hydrogen-bond acceptors (Lipinski definition) is 6. The maximum atomic E-state index is 13.2. The Morgan fingerprint density at radius 2 is 1.71 bits per heavy atom. The molecule has 0 aliphatic heterocycles. The van der Waals surface area contributed by atoms with Crippen LogP contribution >= 0.6 is 23.1 Å². The van der Waals surface area contributed by atoms with Crippen molar-refractivity contribution >= 4 is 39.8 Å². The molecule has 1 heterocycles. The number of thioether (sulfide) groups is 1. The summed E-state index contributed by atoms with van der Waals surface area (Å²) in [5.74, 6) is -0.181. The first kappa shape index (κ1) is 20.8. The lowest BCUT2D eigenvalue weighted by molar-refractivity contribution is -0.384. The van der Waals surface area contributed by atoms with Gasteiger partial charge < -0.3 is 5.32 Å². The smallest absolute Gasteiger partial charge is 0.270 e. The fourth-order valence-corrected chi connectivity index (χ4v) is 4.72. The first-order valence-electron chi connectivity index (χ1n) is 9.38. The van der Waals surface area contributed by atoms with Gasteiger partial charge >= 0.3 is 0 Å². The van der Waals surface area contributed by atoms with Crippen LogP contribution in [0.3, 0.4) is 0 Å². The molecule has 6 nitrogen and oxygen atoms in total. The quantitative estimate of drug-likeness (QED) is 0.207. The monoisotopic (exact) mass is 447 g/mol. The fourth-order valence-electron chi connectivity index (χ4n) is 2.95. The number of rotatable bonds is 7. The Bertz CT molecular complexity index is 1200. The Hall–Kier alpha value is -3.49. The van der Waals surface area contributed by atoms with Crippen LogP contribution in [0.15, 0.2) is 95.2 Å². The number of anilines is 1. The molecular formula is C23H17N3O3S2. The van der Waals surface area contributed by atoms with Gasteiger partial charge in [0.1, 0.15) is 5.25 Å². The van der Waals surface area contributed by atoms with E-state index in [1.807, 2.05) is 60.7 Å². The zero-order valence-corrected chi connectivity index (χ0v) is 17.8. The number of nitrogens with one attached hydrogen (secondary N) is 1. The Balaban J connectivity index is 1.55. The third kappa shape index (κ3) is 5.17. The van der Waals surface area contributed by atoms with Crippen molar-refractivity contribution in [3.05, 3.63) is 106 Å². The highest BCUT2D eigenvalue weighted by molar-refractivity contribution is 8.00. The second-order valence-electron chi connectivity index (χ2n) is 6.56. The highest BCUT2D eigenvalue weighted by Crippen LogP contribution is 2.36. The number of nitrogens with zero attached hydrogens (tertiary/aromatic N) is 2. The van der Waals surface area contributed by atoms with Crippen molar-refractivity contribution in [3.63, 3.8) is 0 Å². The molecule has 3 aromatic carbocycles. The zero-order chi connectivity index (χ0) is 21.6. The molecular weight excluding hydrogens is 430 g/mol. The van der Waals surface area contributed by atoms with E-state index < -0.39 is 10.2 Å². The minimum Gasteiger partial charge on any atom is -0.301 e. The Morgan fingerprint density at radius 3 is 2.42 bits per heavy atom. The van der Waals surface area contributed by atoms with E-state index in [4.69, 9.17) is 0 Å². The highest BCUT2D eigenvalue weighted by atomic mass is 32.2. The minimum absolute atomic E-state index is 0.000474. The van der Waals surface area contributed by atoms with E-state index in [-0.39, 0.29) is 11.6 Å². The Kier molecular flexibility index (Phi) is 6.40. The summed E-state index contributed by atoms with van der Waals surface area (Å²) in [7, 11) is 0. The molecule has 1 atom stereocenters. The average molecular weight is 448 g/mol. The van der Waals surface area contributed by atoms with E-state index in [2.05, 4.69) is 10.3 Å². The van der Waals surface area contributed by atoms with Gasteiger partial charge in [-0.05, 0) is 17.7 Å². The number of aromatic nitrogens is 1. The van der Waals surface area contributed by atoms with Crippen molar-refractivity contribution < 1.29 is 9.72 Å². The van der Waals surface area contributed by atoms with E-state index in [0.717, 1.165) is 10.5 Å². The molecule has 0 saturated heterocycles. The predicted octanol–water partition coefficient (Wildman–Crippen LogP) is 6.19. The number of nitro groups is 1. The summed E-state index contributed by atoms with van der Waals surface area (Å²) >= 11 is 2.75. The van der Waals surface area contributed by atoms with Gasteiger partial charge in [0, 0.05) is 28.0 Å². The average Bonchev–Trinajstić information content (AvgIpc) is 3.27. The molecule has 4 aromatic rings. The van der Waals surface area contributed by atoms with Crippen LogP contribution in [-0.2, 0) is 4.79 Å². The normalized spacial score (nSPS) is 11.6. The van der Waals surface area contributed by atoms with Crippen molar-refractivity contribution in [2.24, 2.45) is 0 Å².